The SMILES string of the molecule is Nc1cc(C(=O)c2c[nH]c3cccc(F)c23)ccc1Cl. The molecule has 5 heteroatoms. The molecule has 0 aliphatic carbocycles. The average molecular weight is 289 g/mol. The molecule has 0 spiro atoms. The number of halogens is 2. The van der Waals surface area contributed by atoms with E-state index in [1.807, 2.05) is 0 Å². The van der Waals surface area contributed by atoms with Gasteiger partial charge in [-0.05, 0) is 30.3 Å². The Morgan fingerprint density at radius 1 is 1.25 bits per heavy atom. The van der Waals surface area contributed by atoms with Gasteiger partial charge in [-0.1, -0.05) is 17.7 Å². The maximum Gasteiger partial charge on any atom is 0.195 e. The zero-order valence-corrected chi connectivity index (χ0v) is 11.0. The molecule has 3 nitrogen and oxygen atoms in total. The number of fused-ring (bicyclic) bond motifs is 1. The van der Waals surface area contributed by atoms with Gasteiger partial charge in [0.05, 0.1) is 16.3 Å². The van der Waals surface area contributed by atoms with Crippen LogP contribution in [0, 0.1) is 5.82 Å². The number of nitrogen functional groups attached to an aromatic ring is 1. The molecule has 2 aromatic carbocycles. The Kier molecular flexibility index (Phi) is 2.95. The topological polar surface area (TPSA) is 58.9 Å². The van der Waals surface area contributed by atoms with Crippen LogP contribution in [-0.2, 0) is 0 Å². The van der Waals surface area contributed by atoms with E-state index in [0.29, 0.717) is 21.8 Å². The predicted octanol–water partition coefficient (Wildman–Crippen LogP) is 3.77. The third-order valence-corrected chi connectivity index (χ3v) is 3.50. The summed E-state index contributed by atoms with van der Waals surface area (Å²) in [7, 11) is 0. The summed E-state index contributed by atoms with van der Waals surface area (Å²) in [5.41, 5.74) is 7.23. The number of aromatic nitrogens is 1. The van der Waals surface area contributed by atoms with E-state index in [1.165, 1.54) is 18.3 Å². The molecular formula is C15H10ClFN2O. The minimum Gasteiger partial charge on any atom is -0.398 e. The zero-order chi connectivity index (χ0) is 14.3. The van der Waals surface area contributed by atoms with Crippen molar-refractivity contribution in [1.82, 2.24) is 4.98 Å². The van der Waals surface area contributed by atoms with E-state index in [-0.39, 0.29) is 16.7 Å². The smallest absolute Gasteiger partial charge is 0.195 e. The van der Waals surface area contributed by atoms with Crippen molar-refractivity contribution in [3.8, 4) is 0 Å². The van der Waals surface area contributed by atoms with Crippen LogP contribution in [0.15, 0.2) is 42.6 Å². The summed E-state index contributed by atoms with van der Waals surface area (Å²) in [6, 6.07) is 9.23. The molecule has 3 rings (SSSR count). The first-order valence-corrected chi connectivity index (χ1v) is 6.31. The van der Waals surface area contributed by atoms with Gasteiger partial charge in [-0.15, -0.1) is 0 Å². The molecule has 1 heterocycles. The normalized spacial score (nSPS) is 10.9. The number of hydrogen-bond acceptors (Lipinski definition) is 2. The zero-order valence-electron chi connectivity index (χ0n) is 10.3. The number of aromatic amines is 1. The maximum absolute atomic E-state index is 13.9. The summed E-state index contributed by atoms with van der Waals surface area (Å²) in [5, 5.41) is 0.665. The molecule has 0 saturated carbocycles. The van der Waals surface area contributed by atoms with Crippen LogP contribution in [0.25, 0.3) is 10.9 Å². The van der Waals surface area contributed by atoms with Crippen LogP contribution in [0.2, 0.25) is 5.02 Å². The van der Waals surface area contributed by atoms with Crippen molar-refractivity contribution in [1.29, 1.82) is 0 Å². The molecule has 20 heavy (non-hydrogen) atoms. The van der Waals surface area contributed by atoms with Gasteiger partial charge in [-0.2, -0.15) is 0 Å². The molecule has 0 unspecified atom stereocenters. The van der Waals surface area contributed by atoms with Gasteiger partial charge in [0, 0.05) is 22.7 Å². The third kappa shape index (κ3) is 1.94. The van der Waals surface area contributed by atoms with Crippen LogP contribution in [0.1, 0.15) is 15.9 Å². The Labute approximate surface area is 119 Å². The molecule has 0 radical (unpaired) electrons. The van der Waals surface area contributed by atoms with Gasteiger partial charge in [0.25, 0.3) is 0 Å². The van der Waals surface area contributed by atoms with Crippen molar-refractivity contribution in [3.05, 3.63) is 64.6 Å². The van der Waals surface area contributed by atoms with E-state index in [1.54, 1.807) is 24.3 Å². The lowest BCUT2D eigenvalue weighted by molar-refractivity contribution is 0.104. The fourth-order valence-electron chi connectivity index (χ4n) is 2.16. The van der Waals surface area contributed by atoms with Crippen molar-refractivity contribution < 1.29 is 9.18 Å². The lowest BCUT2D eigenvalue weighted by atomic mass is 10.0. The van der Waals surface area contributed by atoms with Crippen molar-refractivity contribution in [3.63, 3.8) is 0 Å². The number of carbonyl (C=O) groups is 1. The Bertz CT molecular complexity index is 826. The molecule has 3 N–H and O–H groups in total. The van der Waals surface area contributed by atoms with Gasteiger partial charge >= 0.3 is 0 Å². The van der Waals surface area contributed by atoms with Crippen LogP contribution in [0.4, 0.5) is 10.1 Å². The molecule has 0 amide bonds. The number of hydrogen-bond donors (Lipinski definition) is 2. The second-order valence-electron chi connectivity index (χ2n) is 4.43. The number of carbonyl (C=O) groups excluding carboxylic acids is 1. The van der Waals surface area contributed by atoms with Gasteiger partial charge in [-0.3, -0.25) is 4.79 Å². The maximum atomic E-state index is 13.9. The molecule has 0 saturated heterocycles. The van der Waals surface area contributed by atoms with Crippen molar-refractivity contribution in [2.45, 2.75) is 0 Å². The molecule has 100 valence electrons. The highest BCUT2D eigenvalue weighted by Crippen LogP contribution is 2.26. The molecule has 0 atom stereocenters. The number of benzene rings is 2. The summed E-state index contributed by atoms with van der Waals surface area (Å²) in [4.78, 5) is 15.3. The highest BCUT2D eigenvalue weighted by Gasteiger charge is 2.17. The number of H-pyrrole nitrogens is 1. The van der Waals surface area contributed by atoms with E-state index >= 15 is 0 Å². The molecular weight excluding hydrogens is 279 g/mol. The number of anilines is 1. The summed E-state index contributed by atoms with van der Waals surface area (Å²) in [6.45, 7) is 0. The fraction of sp³-hybridized carbons (Fsp3) is 0. The van der Waals surface area contributed by atoms with Crippen molar-refractivity contribution in [2.75, 3.05) is 5.73 Å². The lowest BCUT2D eigenvalue weighted by Crippen LogP contribution is -2.02. The monoisotopic (exact) mass is 288 g/mol. The van der Waals surface area contributed by atoms with E-state index < -0.39 is 5.82 Å². The van der Waals surface area contributed by atoms with Crippen LogP contribution in [0.3, 0.4) is 0 Å². The number of ketones is 1. The van der Waals surface area contributed by atoms with E-state index in [9.17, 15) is 9.18 Å². The number of nitrogens with one attached hydrogen (secondary N) is 1. The predicted molar refractivity (Wildman–Crippen MR) is 77.6 cm³/mol. The molecule has 0 aliphatic heterocycles. The third-order valence-electron chi connectivity index (χ3n) is 3.16. The first-order chi connectivity index (χ1) is 9.58. The van der Waals surface area contributed by atoms with E-state index in [2.05, 4.69) is 4.98 Å². The van der Waals surface area contributed by atoms with E-state index in [0.717, 1.165) is 0 Å². The van der Waals surface area contributed by atoms with E-state index in [4.69, 9.17) is 17.3 Å². The van der Waals surface area contributed by atoms with Gasteiger partial charge in [0.1, 0.15) is 5.82 Å². The Morgan fingerprint density at radius 3 is 2.80 bits per heavy atom. The summed E-state index contributed by atoms with van der Waals surface area (Å²) < 4.78 is 13.9. The quantitative estimate of drug-likeness (QED) is 0.557. The number of nitrogens with two attached hydrogens (primary N) is 1. The second kappa shape index (κ2) is 4.65. The van der Waals surface area contributed by atoms with Gasteiger partial charge in [-0.25, -0.2) is 4.39 Å². The van der Waals surface area contributed by atoms with Crippen LogP contribution < -0.4 is 5.73 Å². The summed E-state index contributed by atoms with van der Waals surface area (Å²) >= 11 is 5.83. The van der Waals surface area contributed by atoms with Gasteiger partial charge in [0.2, 0.25) is 0 Å². The minimum atomic E-state index is -0.436. The Hall–Kier alpha value is -2.33. The molecule has 0 bridgehead atoms. The molecule has 1 aromatic heterocycles. The summed E-state index contributed by atoms with van der Waals surface area (Å²) in [5.74, 6) is -0.737. The average Bonchev–Trinajstić information content (AvgIpc) is 2.86. The van der Waals surface area contributed by atoms with Crippen molar-refractivity contribution >= 4 is 34.0 Å². The highest BCUT2D eigenvalue weighted by molar-refractivity contribution is 6.33. The van der Waals surface area contributed by atoms with Crippen LogP contribution >= 0.6 is 11.6 Å². The number of rotatable bonds is 2. The van der Waals surface area contributed by atoms with Crippen LogP contribution in [0.5, 0.6) is 0 Å². The second-order valence-corrected chi connectivity index (χ2v) is 4.84. The highest BCUT2D eigenvalue weighted by atomic mass is 35.5. The minimum absolute atomic E-state index is 0.278. The summed E-state index contributed by atoms with van der Waals surface area (Å²) in [6.07, 6.45) is 1.50. The first kappa shape index (κ1) is 12.7. The first-order valence-electron chi connectivity index (χ1n) is 5.93. The van der Waals surface area contributed by atoms with Crippen molar-refractivity contribution in [2.24, 2.45) is 0 Å². The van der Waals surface area contributed by atoms with Gasteiger partial charge < -0.3 is 10.7 Å². The fourth-order valence-corrected chi connectivity index (χ4v) is 2.28. The largest absolute Gasteiger partial charge is 0.398 e. The van der Waals surface area contributed by atoms with Crippen LogP contribution in [-0.4, -0.2) is 10.8 Å². The standard InChI is InChI=1S/C15H10ClFN2O/c16-10-5-4-8(6-12(10)18)15(20)9-7-19-13-3-1-2-11(17)14(9)13/h1-7,19H,18H2. The molecule has 0 fully saturated rings. The molecule has 0 aliphatic rings. The Balaban J connectivity index is 2.15. The van der Waals surface area contributed by atoms with Gasteiger partial charge in [0.15, 0.2) is 5.78 Å². The lowest BCUT2D eigenvalue weighted by Gasteiger charge is -2.03. The molecule has 3 aromatic rings. The Morgan fingerprint density at radius 2 is 2.05 bits per heavy atom.